The van der Waals surface area contributed by atoms with Gasteiger partial charge >= 0.3 is 0 Å². The van der Waals surface area contributed by atoms with Crippen molar-refractivity contribution in [2.75, 3.05) is 25.1 Å². The van der Waals surface area contributed by atoms with Crippen LogP contribution in [0.1, 0.15) is 5.56 Å². The quantitative estimate of drug-likeness (QED) is 0.844. The molecule has 0 bridgehead atoms. The summed E-state index contributed by atoms with van der Waals surface area (Å²) in [6.45, 7) is 2.22. The van der Waals surface area contributed by atoms with Crippen LogP contribution in [0.5, 0.6) is 0 Å². The molecule has 2 rings (SSSR count). The number of nitrogens with zero attached hydrogens (tertiary/aromatic N) is 1. The van der Waals surface area contributed by atoms with E-state index in [4.69, 9.17) is 13.9 Å². The number of anilines is 1. The molecule has 0 aliphatic carbocycles. The van der Waals surface area contributed by atoms with Crippen molar-refractivity contribution in [1.29, 1.82) is 0 Å². The summed E-state index contributed by atoms with van der Waals surface area (Å²) >= 11 is 0. The van der Waals surface area contributed by atoms with Crippen molar-refractivity contribution in [2.24, 2.45) is 0 Å². The molecule has 2 aromatic heterocycles. The third kappa shape index (κ3) is 1.69. The Morgan fingerprint density at radius 2 is 2.19 bits per heavy atom. The van der Waals surface area contributed by atoms with Crippen molar-refractivity contribution in [3.8, 4) is 0 Å². The minimum absolute atomic E-state index is 0.00260. The fourth-order valence-corrected chi connectivity index (χ4v) is 1.49. The molecule has 0 saturated heterocycles. The van der Waals surface area contributed by atoms with Crippen molar-refractivity contribution in [3.63, 3.8) is 0 Å². The molecule has 86 valence electrons. The Labute approximate surface area is 91.9 Å². The first-order valence-electron chi connectivity index (χ1n) is 4.97. The second-order valence-corrected chi connectivity index (χ2v) is 3.67. The van der Waals surface area contributed by atoms with Crippen LogP contribution in [0, 0.1) is 6.92 Å². The number of aliphatic hydroxyl groups is 1. The van der Waals surface area contributed by atoms with Crippen LogP contribution in [0.3, 0.4) is 0 Å². The van der Waals surface area contributed by atoms with Gasteiger partial charge < -0.3 is 18.8 Å². The Bertz CT molecular complexity index is 555. The SMILES string of the molecule is Cc1coc2c(=O)cc(N(C)CCO)oc12. The molecule has 0 unspecified atom stereocenters. The number of hydrogen-bond acceptors (Lipinski definition) is 5. The van der Waals surface area contributed by atoms with Crippen molar-refractivity contribution < 1.29 is 13.9 Å². The van der Waals surface area contributed by atoms with Gasteiger partial charge in [-0.3, -0.25) is 4.79 Å². The maximum atomic E-state index is 11.7. The van der Waals surface area contributed by atoms with E-state index in [0.717, 1.165) is 5.56 Å². The van der Waals surface area contributed by atoms with Crippen LogP contribution in [0.4, 0.5) is 5.88 Å². The predicted molar refractivity (Wildman–Crippen MR) is 59.8 cm³/mol. The molecule has 0 amide bonds. The smallest absolute Gasteiger partial charge is 0.230 e. The van der Waals surface area contributed by atoms with E-state index < -0.39 is 0 Å². The van der Waals surface area contributed by atoms with Crippen LogP contribution < -0.4 is 10.3 Å². The number of hydrogen-bond donors (Lipinski definition) is 1. The molecular weight excluding hydrogens is 210 g/mol. The molecule has 16 heavy (non-hydrogen) atoms. The lowest BCUT2D eigenvalue weighted by molar-refractivity contribution is 0.302. The van der Waals surface area contributed by atoms with Crippen LogP contribution in [0.2, 0.25) is 0 Å². The third-order valence-corrected chi connectivity index (χ3v) is 2.41. The summed E-state index contributed by atoms with van der Waals surface area (Å²) in [4.78, 5) is 13.4. The van der Waals surface area contributed by atoms with E-state index in [9.17, 15) is 4.79 Å². The van der Waals surface area contributed by atoms with Gasteiger partial charge in [0.1, 0.15) is 0 Å². The van der Waals surface area contributed by atoms with Crippen LogP contribution in [0.25, 0.3) is 11.2 Å². The Kier molecular flexibility index (Phi) is 2.70. The lowest BCUT2D eigenvalue weighted by Crippen LogP contribution is -2.22. The van der Waals surface area contributed by atoms with Gasteiger partial charge in [0.15, 0.2) is 11.5 Å². The van der Waals surface area contributed by atoms with Gasteiger partial charge in [-0.25, -0.2) is 0 Å². The molecule has 2 heterocycles. The Balaban J connectivity index is 2.56. The maximum absolute atomic E-state index is 11.7. The van der Waals surface area contributed by atoms with Gasteiger partial charge in [0.25, 0.3) is 0 Å². The first-order chi connectivity index (χ1) is 7.63. The maximum Gasteiger partial charge on any atom is 0.230 e. The van der Waals surface area contributed by atoms with E-state index in [0.29, 0.717) is 18.0 Å². The fourth-order valence-electron chi connectivity index (χ4n) is 1.49. The molecule has 0 spiro atoms. The second-order valence-electron chi connectivity index (χ2n) is 3.67. The van der Waals surface area contributed by atoms with E-state index in [1.165, 1.54) is 12.3 Å². The summed E-state index contributed by atoms with van der Waals surface area (Å²) in [6, 6.07) is 1.36. The number of likely N-dealkylation sites (N-methyl/N-ethyl adjacent to an activating group) is 1. The van der Waals surface area contributed by atoms with Crippen molar-refractivity contribution in [2.45, 2.75) is 6.92 Å². The highest BCUT2D eigenvalue weighted by atomic mass is 16.4. The van der Waals surface area contributed by atoms with Gasteiger partial charge in [-0.15, -0.1) is 0 Å². The van der Waals surface area contributed by atoms with Crippen LogP contribution in [0.15, 0.2) is 26.0 Å². The third-order valence-electron chi connectivity index (χ3n) is 2.41. The molecule has 0 aliphatic heterocycles. The molecule has 0 atom stereocenters. The summed E-state index contributed by atoms with van der Waals surface area (Å²) in [5.74, 6) is 0.427. The summed E-state index contributed by atoms with van der Waals surface area (Å²) in [7, 11) is 1.75. The molecule has 5 nitrogen and oxygen atoms in total. The number of furan rings is 1. The number of fused-ring (bicyclic) bond motifs is 1. The average Bonchev–Trinajstić information content (AvgIpc) is 2.61. The summed E-state index contributed by atoms with van der Waals surface area (Å²) in [5.41, 5.74) is 1.27. The highest BCUT2D eigenvalue weighted by Crippen LogP contribution is 2.22. The minimum atomic E-state index is -0.214. The van der Waals surface area contributed by atoms with Crippen molar-refractivity contribution in [3.05, 3.63) is 28.1 Å². The summed E-state index contributed by atoms with van der Waals surface area (Å²) in [5, 5.41) is 8.82. The number of aliphatic hydroxyl groups excluding tert-OH is 1. The Morgan fingerprint density at radius 1 is 1.44 bits per heavy atom. The fraction of sp³-hybridized carbons (Fsp3) is 0.364. The molecule has 0 aromatic carbocycles. The van der Waals surface area contributed by atoms with E-state index in [1.54, 1.807) is 11.9 Å². The van der Waals surface area contributed by atoms with Gasteiger partial charge in [-0.1, -0.05) is 0 Å². The normalized spacial score (nSPS) is 10.9. The minimum Gasteiger partial charge on any atom is -0.456 e. The largest absolute Gasteiger partial charge is 0.456 e. The Hall–Kier alpha value is -1.75. The molecule has 0 fully saturated rings. The van der Waals surface area contributed by atoms with E-state index in [2.05, 4.69) is 0 Å². The summed E-state index contributed by atoms with van der Waals surface area (Å²) < 4.78 is 10.6. The molecule has 2 aromatic rings. The lowest BCUT2D eigenvalue weighted by Gasteiger charge is -2.15. The van der Waals surface area contributed by atoms with E-state index in [1.807, 2.05) is 6.92 Å². The zero-order chi connectivity index (χ0) is 11.7. The van der Waals surface area contributed by atoms with Gasteiger partial charge in [0.2, 0.25) is 11.0 Å². The van der Waals surface area contributed by atoms with Crippen molar-refractivity contribution >= 4 is 17.1 Å². The van der Waals surface area contributed by atoms with Crippen LogP contribution in [-0.2, 0) is 0 Å². The average molecular weight is 223 g/mol. The van der Waals surface area contributed by atoms with E-state index in [-0.39, 0.29) is 17.6 Å². The zero-order valence-electron chi connectivity index (χ0n) is 9.19. The highest BCUT2D eigenvalue weighted by Gasteiger charge is 2.12. The number of aryl methyl sites for hydroxylation is 1. The van der Waals surface area contributed by atoms with Crippen LogP contribution >= 0.6 is 0 Å². The monoisotopic (exact) mass is 223 g/mol. The van der Waals surface area contributed by atoms with E-state index >= 15 is 0 Å². The van der Waals surface area contributed by atoms with Gasteiger partial charge in [-0.2, -0.15) is 0 Å². The zero-order valence-corrected chi connectivity index (χ0v) is 9.19. The molecule has 5 heteroatoms. The van der Waals surface area contributed by atoms with Gasteiger partial charge in [0, 0.05) is 19.2 Å². The second kappa shape index (κ2) is 4.02. The molecule has 0 aliphatic rings. The first kappa shape index (κ1) is 10.8. The Morgan fingerprint density at radius 3 is 2.88 bits per heavy atom. The topological polar surface area (TPSA) is 66.8 Å². The first-order valence-corrected chi connectivity index (χ1v) is 4.97. The number of rotatable bonds is 3. The predicted octanol–water partition coefficient (Wildman–Crippen LogP) is 1.12. The molecule has 1 N–H and O–H groups in total. The van der Waals surface area contributed by atoms with Crippen molar-refractivity contribution in [1.82, 2.24) is 0 Å². The highest BCUT2D eigenvalue weighted by molar-refractivity contribution is 5.75. The van der Waals surface area contributed by atoms with Gasteiger partial charge in [-0.05, 0) is 6.92 Å². The van der Waals surface area contributed by atoms with Gasteiger partial charge in [0.05, 0.1) is 18.9 Å². The summed E-state index contributed by atoms with van der Waals surface area (Å²) in [6.07, 6.45) is 1.49. The standard InChI is InChI=1S/C11H13NO4/c1-7-6-15-11-8(14)5-9(16-10(7)11)12(2)3-4-13/h5-6,13H,3-4H2,1-2H3. The van der Waals surface area contributed by atoms with Crippen LogP contribution in [-0.4, -0.2) is 25.3 Å². The molecular formula is C11H13NO4. The lowest BCUT2D eigenvalue weighted by atomic mass is 10.3. The molecule has 0 saturated carbocycles. The molecule has 0 radical (unpaired) electrons.